The summed E-state index contributed by atoms with van der Waals surface area (Å²) in [5, 5.41) is 2.98. The van der Waals surface area contributed by atoms with Gasteiger partial charge >= 0.3 is 0 Å². The number of sulfonamides is 1. The fraction of sp³-hybridized carbons (Fsp3) is 0.481. The van der Waals surface area contributed by atoms with E-state index in [9.17, 15) is 18.0 Å². The van der Waals surface area contributed by atoms with Crippen LogP contribution in [-0.4, -0.2) is 56.6 Å². The van der Waals surface area contributed by atoms with Crippen molar-refractivity contribution in [1.82, 2.24) is 10.2 Å². The van der Waals surface area contributed by atoms with Gasteiger partial charge in [0.1, 0.15) is 12.6 Å². The highest BCUT2D eigenvalue weighted by Gasteiger charge is 2.32. The van der Waals surface area contributed by atoms with E-state index in [1.54, 1.807) is 6.07 Å². The molecule has 0 unspecified atom stereocenters. The van der Waals surface area contributed by atoms with Gasteiger partial charge in [-0.05, 0) is 62.8 Å². The number of hydrogen-bond acceptors (Lipinski definition) is 4. The van der Waals surface area contributed by atoms with Crippen molar-refractivity contribution in [1.29, 1.82) is 0 Å². The molecule has 7 nitrogen and oxygen atoms in total. The van der Waals surface area contributed by atoms with Crippen molar-refractivity contribution in [2.45, 2.75) is 66.0 Å². The lowest BCUT2D eigenvalue weighted by Crippen LogP contribution is -2.54. The van der Waals surface area contributed by atoms with Gasteiger partial charge in [-0.15, -0.1) is 0 Å². The first-order valence-electron chi connectivity index (χ1n) is 12.2. The summed E-state index contributed by atoms with van der Waals surface area (Å²) in [6.07, 6.45) is 2.85. The Morgan fingerprint density at radius 1 is 1.00 bits per heavy atom. The third-order valence-electron chi connectivity index (χ3n) is 6.18. The van der Waals surface area contributed by atoms with Gasteiger partial charge < -0.3 is 10.2 Å². The van der Waals surface area contributed by atoms with Crippen LogP contribution in [0.5, 0.6) is 0 Å². The lowest BCUT2D eigenvalue weighted by Gasteiger charge is -2.33. The minimum atomic E-state index is -3.74. The van der Waals surface area contributed by atoms with Crippen LogP contribution in [0.15, 0.2) is 48.5 Å². The van der Waals surface area contributed by atoms with Gasteiger partial charge in [-0.1, -0.05) is 56.3 Å². The molecule has 2 amide bonds. The molecule has 0 bridgehead atoms. The normalized spacial score (nSPS) is 13.1. The van der Waals surface area contributed by atoms with Crippen LogP contribution >= 0.6 is 0 Å². The highest BCUT2D eigenvalue weighted by Crippen LogP contribution is 2.24. The largest absolute Gasteiger partial charge is 0.352 e. The molecule has 1 N–H and O–H groups in total. The number of amides is 2. The number of nitrogens with one attached hydrogen (secondary N) is 1. The van der Waals surface area contributed by atoms with E-state index in [1.807, 2.05) is 77.1 Å². The summed E-state index contributed by atoms with van der Waals surface area (Å²) in [4.78, 5) is 28.3. The fourth-order valence-corrected chi connectivity index (χ4v) is 4.82. The molecule has 0 aliphatic rings. The molecule has 0 radical (unpaired) electrons. The molecule has 2 aromatic carbocycles. The van der Waals surface area contributed by atoms with Crippen LogP contribution in [0.4, 0.5) is 5.69 Å². The number of hydrogen-bond donors (Lipinski definition) is 1. The molecule has 0 aliphatic heterocycles. The quantitative estimate of drug-likeness (QED) is 0.479. The summed E-state index contributed by atoms with van der Waals surface area (Å²) < 4.78 is 26.7. The molecule has 2 aromatic rings. The molecular formula is C27H39N3O4S. The Morgan fingerprint density at radius 3 is 2.23 bits per heavy atom. The molecule has 192 valence electrons. The maximum absolute atomic E-state index is 13.7. The molecule has 8 heteroatoms. The second-order valence-corrected chi connectivity index (χ2v) is 11.0. The van der Waals surface area contributed by atoms with Gasteiger partial charge in [-0.3, -0.25) is 13.9 Å². The van der Waals surface area contributed by atoms with Crippen LogP contribution in [0.25, 0.3) is 0 Å². The first-order valence-corrected chi connectivity index (χ1v) is 14.0. The SMILES string of the molecule is CC[C@H](C(=O)N[C@@H](C)CC)N(CCc1ccccc1)C(=O)CN(c1cc(C)ccc1C)S(C)(=O)=O. The van der Waals surface area contributed by atoms with E-state index in [-0.39, 0.29) is 18.5 Å². The summed E-state index contributed by atoms with van der Waals surface area (Å²) in [7, 11) is -3.74. The zero-order valence-electron chi connectivity index (χ0n) is 21.7. The number of nitrogens with zero attached hydrogens (tertiary/aromatic N) is 2. The van der Waals surface area contributed by atoms with Crippen LogP contribution in [0.3, 0.4) is 0 Å². The van der Waals surface area contributed by atoms with Gasteiger partial charge in [-0.25, -0.2) is 8.42 Å². The van der Waals surface area contributed by atoms with Crippen LogP contribution in [0, 0.1) is 13.8 Å². The highest BCUT2D eigenvalue weighted by molar-refractivity contribution is 7.92. The third-order valence-corrected chi connectivity index (χ3v) is 7.31. The molecule has 0 aliphatic carbocycles. The second-order valence-electron chi connectivity index (χ2n) is 9.12. The lowest BCUT2D eigenvalue weighted by atomic mass is 10.1. The number of aryl methyl sites for hydroxylation is 2. The standard InChI is InChI=1S/C27H39N3O4S/c1-7-22(5)28-27(32)24(8-2)29(17-16-23-12-10-9-11-13-23)26(31)19-30(35(6,33)34)25-18-20(3)14-15-21(25)4/h9-15,18,22,24H,7-8,16-17,19H2,1-6H3,(H,28,32)/t22-,24+/m0/s1. The second kappa shape index (κ2) is 12.7. The van der Waals surface area contributed by atoms with Crippen molar-refractivity contribution in [3.8, 4) is 0 Å². The molecule has 2 atom stereocenters. The number of carbonyl (C=O) groups excluding carboxylic acids is 2. The van der Waals surface area contributed by atoms with E-state index in [4.69, 9.17) is 0 Å². The molecule has 0 aromatic heterocycles. The monoisotopic (exact) mass is 501 g/mol. The van der Waals surface area contributed by atoms with Gasteiger partial charge in [0, 0.05) is 12.6 Å². The Hall–Kier alpha value is -2.87. The first-order chi connectivity index (χ1) is 16.5. The predicted octanol–water partition coefficient (Wildman–Crippen LogP) is 3.83. The zero-order valence-corrected chi connectivity index (χ0v) is 22.6. The summed E-state index contributed by atoms with van der Waals surface area (Å²) in [6.45, 7) is 9.40. The van der Waals surface area contributed by atoms with Gasteiger partial charge in [0.2, 0.25) is 21.8 Å². The van der Waals surface area contributed by atoms with Crippen molar-refractivity contribution >= 4 is 27.5 Å². The van der Waals surface area contributed by atoms with E-state index in [0.717, 1.165) is 33.7 Å². The topological polar surface area (TPSA) is 86.8 Å². The summed E-state index contributed by atoms with van der Waals surface area (Å²) in [5.41, 5.74) is 3.16. The maximum Gasteiger partial charge on any atom is 0.244 e. The molecular weight excluding hydrogens is 462 g/mol. The number of anilines is 1. The molecule has 2 rings (SSSR count). The molecule has 0 saturated carbocycles. The number of rotatable bonds is 12. The highest BCUT2D eigenvalue weighted by atomic mass is 32.2. The van der Waals surface area contributed by atoms with E-state index in [2.05, 4.69) is 5.32 Å². The Morgan fingerprint density at radius 2 is 1.66 bits per heavy atom. The van der Waals surface area contributed by atoms with E-state index in [1.165, 1.54) is 4.90 Å². The Labute approximate surface area is 210 Å². The minimum absolute atomic E-state index is 0.0231. The van der Waals surface area contributed by atoms with E-state index >= 15 is 0 Å². The molecule has 0 saturated heterocycles. The van der Waals surface area contributed by atoms with Gasteiger partial charge in [0.05, 0.1) is 11.9 Å². The van der Waals surface area contributed by atoms with Crippen LogP contribution in [0.2, 0.25) is 0 Å². The van der Waals surface area contributed by atoms with Crippen molar-refractivity contribution in [3.05, 3.63) is 65.2 Å². The first kappa shape index (κ1) is 28.4. The van der Waals surface area contributed by atoms with Crippen LogP contribution < -0.4 is 9.62 Å². The smallest absolute Gasteiger partial charge is 0.244 e. The van der Waals surface area contributed by atoms with Crippen molar-refractivity contribution in [3.63, 3.8) is 0 Å². The van der Waals surface area contributed by atoms with Crippen LogP contribution in [-0.2, 0) is 26.0 Å². The molecule has 0 spiro atoms. The fourth-order valence-electron chi connectivity index (χ4n) is 3.92. The number of benzene rings is 2. The third kappa shape index (κ3) is 8.09. The van der Waals surface area contributed by atoms with Gasteiger partial charge in [0.15, 0.2) is 0 Å². The maximum atomic E-state index is 13.7. The predicted molar refractivity (Wildman–Crippen MR) is 142 cm³/mol. The lowest BCUT2D eigenvalue weighted by molar-refractivity contribution is -0.139. The summed E-state index contributed by atoms with van der Waals surface area (Å²) in [6, 6.07) is 14.5. The van der Waals surface area contributed by atoms with Gasteiger partial charge in [0.25, 0.3) is 0 Å². The molecule has 0 fully saturated rings. The Balaban J connectivity index is 2.40. The average Bonchev–Trinajstić information content (AvgIpc) is 2.81. The molecule has 35 heavy (non-hydrogen) atoms. The van der Waals surface area contributed by atoms with E-state index < -0.39 is 22.0 Å². The minimum Gasteiger partial charge on any atom is -0.352 e. The zero-order chi connectivity index (χ0) is 26.2. The Bertz CT molecular complexity index is 1100. The summed E-state index contributed by atoms with van der Waals surface area (Å²) >= 11 is 0. The van der Waals surface area contributed by atoms with Crippen LogP contribution in [0.1, 0.15) is 50.3 Å². The average molecular weight is 502 g/mol. The van der Waals surface area contributed by atoms with Crippen molar-refractivity contribution < 1.29 is 18.0 Å². The molecule has 0 heterocycles. The van der Waals surface area contributed by atoms with Crippen molar-refractivity contribution in [2.24, 2.45) is 0 Å². The van der Waals surface area contributed by atoms with Gasteiger partial charge in [-0.2, -0.15) is 0 Å². The number of carbonyl (C=O) groups is 2. The van der Waals surface area contributed by atoms with Crippen molar-refractivity contribution in [2.75, 3.05) is 23.7 Å². The van der Waals surface area contributed by atoms with E-state index in [0.29, 0.717) is 25.1 Å². The Kier molecular flexibility index (Phi) is 10.3. The summed E-state index contributed by atoms with van der Waals surface area (Å²) in [5.74, 6) is -0.626.